The maximum absolute atomic E-state index is 14.0. The SMILES string of the molecule is CC(C)(C)OC(=O)N1C[C@H](F)C[C@H]1C(=O)CCc1cc(-c2ccc(C(F)(F)F)nc2)c(C#N)cn1. The summed E-state index contributed by atoms with van der Waals surface area (Å²) in [6, 6.07) is 4.51. The van der Waals surface area contributed by atoms with E-state index in [1.54, 1.807) is 20.8 Å². The zero-order valence-corrected chi connectivity index (χ0v) is 19.4. The summed E-state index contributed by atoms with van der Waals surface area (Å²) in [5, 5.41) is 9.37. The standard InChI is InChI=1S/C24H24F4N4O3/c1-23(2,3)35-22(34)32-13-16(25)8-19(32)20(33)6-5-17-9-18(15(10-29)12-30-17)14-4-7-21(31-11-14)24(26,27)28/h4,7,9,11-12,16,19H,5-6,8,13H2,1-3H3/t16-,19+/m1/s1. The summed E-state index contributed by atoms with van der Waals surface area (Å²) in [5.74, 6) is -0.361. The first kappa shape index (κ1) is 26.1. The summed E-state index contributed by atoms with van der Waals surface area (Å²) in [6.45, 7) is 4.78. The second-order valence-corrected chi connectivity index (χ2v) is 9.21. The fourth-order valence-electron chi connectivity index (χ4n) is 3.71. The molecule has 0 radical (unpaired) electrons. The number of halogens is 4. The predicted molar refractivity (Wildman–Crippen MR) is 117 cm³/mol. The molecule has 0 aliphatic carbocycles. The Kier molecular flexibility index (Phi) is 7.43. The van der Waals surface area contributed by atoms with Gasteiger partial charge in [-0.25, -0.2) is 9.18 Å². The molecule has 1 aliphatic heterocycles. The molecule has 0 spiro atoms. The summed E-state index contributed by atoms with van der Waals surface area (Å²) in [5.41, 5.74) is -0.700. The minimum absolute atomic E-state index is 0.0553. The van der Waals surface area contributed by atoms with E-state index in [1.165, 1.54) is 18.3 Å². The first-order valence-corrected chi connectivity index (χ1v) is 10.9. The van der Waals surface area contributed by atoms with E-state index in [4.69, 9.17) is 4.74 Å². The lowest BCUT2D eigenvalue weighted by Crippen LogP contribution is -2.43. The first-order valence-electron chi connectivity index (χ1n) is 10.9. The molecule has 11 heteroatoms. The molecular weight excluding hydrogens is 468 g/mol. The number of rotatable bonds is 5. The van der Waals surface area contributed by atoms with Crippen LogP contribution in [0, 0.1) is 11.3 Å². The van der Waals surface area contributed by atoms with Gasteiger partial charge in [-0.3, -0.25) is 19.7 Å². The van der Waals surface area contributed by atoms with E-state index in [9.17, 15) is 32.4 Å². The number of hydrogen-bond donors (Lipinski definition) is 0. The average Bonchev–Trinajstić information content (AvgIpc) is 3.17. The molecule has 2 atom stereocenters. The van der Waals surface area contributed by atoms with Crippen molar-refractivity contribution in [3.8, 4) is 17.2 Å². The highest BCUT2D eigenvalue weighted by atomic mass is 19.4. The Hall–Kier alpha value is -3.55. The molecule has 2 aromatic heterocycles. The Bertz CT molecular complexity index is 1140. The summed E-state index contributed by atoms with van der Waals surface area (Å²) < 4.78 is 57.7. The third kappa shape index (κ3) is 6.53. The summed E-state index contributed by atoms with van der Waals surface area (Å²) in [6.07, 6.45) is -4.46. The Balaban J connectivity index is 1.74. The summed E-state index contributed by atoms with van der Waals surface area (Å²) >= 11 is 0. The molecule has 0 saturated carbocycles. The van der Waals surface area contributed by atoms with Crippen LogP contribution in [0.5, 0.6) is 0 Å². The fourth-order valence-corrected chi connectivity index (χ4v) is 3.71. The molecule has 3 heterocycles. The van der Waals surface area contributed by atoms with Gasteiger partial charge in [0.1, 0.15) is 23.5 Å². The molecule has 1 aliphatic rings. The number of ether oxygens (including phenoxy) is 1. The van der Waals surface area contributed by atoms with Crippen LogP contribution in [0.3, 0.4) is 0 Å². The van der Waals surface area contributed by atoms with E-state index in [0.717, 1.165) is 17.2 Å². The van der Waals surface area contributed by atoms with Gasteiger partial charge in [0.15, 0.2) is 5.78 Å². The van der Waals surface area contributed by atoms with Crippen molar-refractivity contribution in [2.75, 3.05) is 6.54 Å². The zero-order valence-electron chi connectivity index (χ0n) is 19.4. The van der Waals surface area contributed by atoms with Crippen LogP contribution >= 0.6 is 0 Å². The number of alkyl halides is 4. The number of ketones is 1. The zero-order chi connectivity index (χ0) is 26.0. The third-order valence-electron chi connectivity index (χ3n) is 5.32. The van der Waals surface area contributed by atoms with Gasteiger partial charge in [-0.1, -0.05) is 6.07 Å². The van der Waals surface area contributed by atoms with Gasteiger partial charge in [0.05, 0.1) is 18.2 Å². The van der Waals surface area contributed by atoms with Crippen LogP contribution in [0.2, 0.25) is 0 Å². The van der Waals surface area contributed by atoms with Crippen molar-refractivity contribution in [1.82, 2.24) is 14.9 Å². The predicted octanol–water partition coefficient (Wildman–Crippen LogP) is 4.88. The van der Waals surface area contributed by atoms with Crippen LogP contribution in [0.15, 0.2) is 30.6 Å². The van der Waals surface area contributed by atoms with Crippen molar-refractivity contribution in [2.45, 2.75) is 64.0 Å². The maximum Gasteiger partial charge on any atom is 0.433 e. The molecule has 7 nitrogen and oxygen atoms in total. The number of aromatic nitrogens is 2. The average molecular weight is 492 g/mol. The minimum atomic E-state index is -4.59. The number of carbonyl (C=O) groups excluding carboxylic acids is 2. The normalized spacial score (nSPS) is 18.3. The van der Waals surface area contributed by atoms with Crippen molar-refractivity contribution in [3.63, 3.8) is 0 Å². The number of carbonyl (C=O) groups is 2. The third-order valence-corrected chi connectivity index (χ3v) is 5.32. The highest BCUT2D eigenvalue weighted by molar-refractivity contribution is 5.88. The Morgan fingerprint density at radius 1 is 1.20 bits per heavy atom. The largest absolute Gasteiger partial charge is 0.444 e. The quantitative estimate of drug-likeness (QED) is 0.552. The van der Waals surface area contributed by atoms with Crippen LogP contribution < -0.4 is 0 Å². The van der Waals surface area contributed by atoms with Gasteiger partial charge in [0.2, 0.25) is 0 Å². The molecule has 0 bridgehead atoms. The molecule has 35 heavy (non-hydrogen) atoms. The van der Waals surface area contributed by atoms with Crippen LogP contribution in [0.4, 0.5) is 22.4 Å². The number of likely N-dealkylation sites (tertiary alicyclic amines) is 1. The van der Waals surface area contributed by atoms with E-state index >= 15 is 0 Å². The van der Waals surface area contributed by atoms with Gasteiger partial charge in [-0.2, -0.15) is 18.4 Å². The number of aryl methyl sites for hydroxylation is 1. The number of Topliss-reactive ketones (excluding diaryl/α,β-unsaturated/α-hetero) is 1. The van der Waals surface area contributed by atoms with Gasteiger partial charge in [-0.05, 0) is 39.3 Å². The lowest BCUT2D eigenvalue weighted by molar-refractivity contribution is -0.141. The van der Waals surface area contributed by atoms with Crippen LogP contribution in [0.25, 0.3) is 11.1 Å². The number of pyridine rings is 2. The smallest absolute Gasteiger partial charge is 0.433 e. The maximum atomic E-state index is 14.0. The first-order chi connectivity index (χ1) is 16.3. The second kappa shape index (κ2) is 9.98. The van der Waals surface area contributed by atoms with Crippen LogP contribution in [-0.4, -0.2) is 51.1 Å². The molecule has 186 valence electrons. The lowest BCUT2D eigenvalue weighted by Gasteiger charge is -2.27. The number of nitriles is 1. The fraction of sp³-hybridized carbons (Fsp3) is 0.458. The highest BCUT2D eigenvalue weighted by Crippen LogP contribution is 2.30. The van der Waals surface area contributed by atoms with Crippen molar-refractivity contribution < 1.29 is 31.9 Å². The van der Waals surface area contributed by atoms with Crippen molar-refractivity contribution >= 4 is 11.9 Å². The van der Waals surface area contributed by atoms with E-state index < -0.39 is 35.8 Å². The highest BCUT2D eigenvalue weighted by Gasteiger charge is 2.41. The van der Waals surface area contributed by atoms with Gasteiger partial charge < -0.3 is 4.74 Å². The van der Waals surface area contributed by atoms with Crippen molar-refractivity contribution in [3.05, 3.63) is 47.5 Å². The second-order valence-electron chi connectivity index (χ2n) is 9.21. The molecule has 0 aromatic carbocycles. The molecule has 1 fully saturated rings. The molecule has 0 unspecified atom stereocenters. The van der Waals surface area contributed by atoms with Gasteiger partial charge >= 0.3 is 12.3 Å². The van der Waals surface area contributed by atoms with Crippen LogP contribution in [0.1, 0.15) is 50.6 Å². The van der Waals surface area contributed by atoms with E-state index in [2.05, 4.69) is 9.97 Å². The molecule has 3 rings (SSSR count). The van der Waals surface area contributed by atoms with Crippen molar-refractivity contribution in [2.24, 2.45) is 0 Å². The van der Waals surface area contributed by atoms with Crippen LogP contribution in [-0.2, 0) is 22.1 Å². The van der Waals surface area contributed by atoms with Gasteiger partial charge in [0, 0.05) is 42.1 Å². The van der Waals surface area contributed by atoms with Crippen molar-refractivity contribution in [1.29, 1.82) is 5.26 Å². The van der Waals surface area contributed by atoms with E-state index in [-0.39, 0.29) is 42.7 Å². The summed E-state index contributed by atoms with van der Waals surface area (Å²) in [7, 11) is 0. The van der Waals surface area contributed by atoms with Gasteiger partial charge in [-0.15, -0.1) is 0 Å². The van der Waals surface area contributed by atoms with E-state index in [0.29, 0.717) is 11.3 Å². The topological polar surface area (TPSA) is 96.2 Å². The number of nitrogens with zero attached hydrogens (tertiary/aromatic N) is 4. The lowest BCUT2D eigenvalue weighted by atomic mass is 9.99. The molecule has 2 aromatic rings. The minimum Gasteiger partial charge on any atom is -0.444 e. The molecule has 1 saturated heterocycles. The van der Waals surface area contributed by atoms with Gasteiger partial charge in [0.25, 0.3) is 0 Å². The summed E-state index contributed by atoms with van der Waals surface area (Å²) in [4.78, 5) is 33.9. The Morgan fingerprint density at radius 3 is 2.49 bits per heavy atom. The van der Waals surface area contributed by atoms with E-state index in [1.807, 2.05) is 6.07 Å². The Labute approximate surface area is 199 Å². The Morgan fingerprint density at radius 2 is 1.91 bits per heavy atom. The number of amides is 1. The number of hydrogen-bond acceptors (Lipinski definition) is 6. The molecular formula is C24H24F4N4O3. The monoisotopic (exact) mass is 492 g/mol. The molecule has 0 N–H and O–H groups in total. The molecule has 1 amide bonds.